The molecule has 1 unspecified atom stereocenters. The zero-order valence-electron chi connectivity index (χ0n) is 11.3. The molecule has 6 heteroatoms. The Bertz CT molecular complexity index is 714. The summed E-state index contributed by atoms with van der Waals surface area (Å²) >= 11 is 11.8. The molecule has 0 fully saturated rings. The molecule has 0 aliphatic carbocycles. The average molecular weight is 339 g/mol. The molecular formula is C16H12Cl2O4. The molecule has 0 saturated heterocycles. The second-order valence-corrected chi connectivity index (χ2v) is 5.47. The second-order valence-electron chi connectivity index (χ2n) is 4.63. The number of aliphatic hydroxyl groups is 1. The molecule has 4 nitrogen and oxygen atoms in total. The predicted octanol–water partition coefficient (Wildman–Crippen LogP) is 3.65. The van der Waals surface area contributed by atoms with E-state index in [1.54, 1.807) is 30.3 Å². The Morgan fingerprint density at radius 1 is 1.09 bits per heavy atom. The molecule has 114 valence electrons. The van der Waals surface area contributed by atoms with Gasteiger partial charge < -0.3 is 10.2 Å². The van der Waals surface area contributed by atoms with Crippen molar-refractivity contribution in [2.45, 2.75) is 5.92 Å². The topological polar surface area (TPSA) is 74.6 Å². The first-order valence-corrected chi connectivity index (χ1v) is 7.13. The second kappa shape index (κ2) is 6.92. The van der Waals surface area contributed by atoms with Crippen LogP contribution < -0.4 is 0 Å². The lowest BCUT2D eigenvalue weighted by molar-refractivity contribution is 0.0690. The number of aliphatic hydroxyl groups excluding tert-OH is 1. The highest BCUT2D eigenvalue weighted by Crippen LogP contribution is 2.30. The first-order valence-electron chi connectivity index (χ1n) is 6.38. The third-order valence-electron chi connectivity index (χ3n) is 3.23. The van der Waals surface area contributed by atoms with Crippen LogP contribution in [0.5, 0.6) is 0 Å². The van der Waals surface area contributed by atoms with E-state index in [1.807, 2.05) is 0 Å². The highest BCUT2D eigenvalue weighted by molar-refractivity contribution is 6.38. The molecule has 0 aliphatic heterocycles. The highest BCUT2D eigenvalue weighted by Gasteiger charge is 2.28. The Morgan fingerprint density at radius 2 is 1.73 bits per heavy atom. The third kappa shape index (κ3) is 3.30. The first-order chi connectivity index (χ1) is 10.5. The van der Waals surface area contributed by atoms with E-state index in [2.05, 4.69) is 0 Å². The normalized spacial score (nSPS) is 12.0. The van der Waals surface area contributed by atoms with Gasteiger partial charge in [-0.25, -0.2) is 4.79 Å². The van der Waals surface area contributed by atoms with E-state index in [1.165, 1.54) is 12.1 Å². The van der Waals surface area contributed by atoms with Crippen LogP contribution in [0.1, 0.15) is 32.2 Å². The number of hydrogen-bond acceptors (Lipinski definition) is 3. The van der Waals surface area contributed by atoms with E-state index in [0.717, 1.165) is 0 Å². The van der Waals surface area contributed by atoms with Gasteiger partial charge in [-0.1, -0.05) is 53.5 Å². The zero-order chi connectivity index (χ0) is 16.3. The van der Waals surface area contributed by atoms with Crippen LogP contribution in [0, 0.1) is 0 Å². The summed E-state index contributed by atoms with van der Waals surface area (Å²) in [5, 5.41) is 18.9. The molecule has 0 heterocycles. The van der Waals surface area contributed by atoms with Gasteiger partial charge in [-0.05, 0) is 17.7 Å². The van der Waals surface area contributed by atoms with Crippen LogP contribution in [0.25, 0.3) is 0 Å². The van der Waals surface area contributed by atoms with Crippen molar-refractivity contribution in [2.24, 2.45) is 0 Å². The minimum Gasteiger partial charge on any atom is -0.478 e. The van der Waals surface area contributed by atoms with E-state index in [9.17, 15) is 19.8 Å². The maximum absolute atomic E-state index is 12.7. The average Bonchev–Trinajstić information content (AvgIpc) is 2.48. The van der Waals surface area contributed by atoms with E-state index >= 15 is 0 Å². The van der Waals surface area contributed by atoms with Crippen molar-refractivity contribution in [1.82, 2.24) is 0 Å². The molecule has 2 N–H and O–H groups in total. The van der Waals surface area contributed by atoms with E-state index in [-0.39, 0.29) is 21.2 Å². The summed E-state index contributed by atoms with van der Waals surface area (Å²) in [4.78, 5) is 24.0. The maximum atomic E-state index is 12.7. The monoisotopic (exact) mass is 338 g/mol. The zero-order valence-corrected chi connectivity index (χ0v) is 12.8. The van der Waals surface area contributed by atoms with Crippen molar-refractivity contribution < 1.29 is 19.8 Å². The van der Waals surface area contributed by atoms with Gasteiger partial charge in [-0.2, -0.15) is 0 Å². The quantitative estimate of drug-likeness (QED) is 0.816. The Kier molecular flexibility index (Phi) is 5.19. The number of carboxylic acids is 1. The van der Waals surface area contributed by atoms with Crippen molar-refractivity contribution in [3.05, 3.63) is 69.2 Å². The van der Waals surface area contributed by atoms with Gasteiger partial charge in [0.15, 0.2) is 5.78 Å². The Balaban J connectivity index is 2.55. The number of aromatic carboxylic acids is 1. The standard InChI is InChI=1S/C16H12Cl2O4/c17-10-6-11(16(21)22)14(13(18)7-10)15(20)12(8-19)9-4-2-1-3-5-9/h1-7,12,19H,8H2,(H,21,22). The number of carbonyl (C=O) groups excluding carboxylic acids is 1. The van der Waals surface area contributed by atoms with E-state index in [0.29, 0.717) is 5.56 Å². The summed E-state index contributed by atoms with van der Waals surface area (Å²) in [5.74, 6) is -2.76. The SMILES string of the molecule is O=C(O)c1cc(Cl)cc(Cl)c1C(=O)C(CO)c1ccccc1. The van der Waals surface area contributed by atoms with Crippen molar-refractivity contribution in [3.8, 4) is 0 Å². The van der Waals surface area contributed by atoms with Gasteiger partial charge in [-0.3, -0.25) is 4.79 Å². The van der Waals surface area contributed by atoms with Gasteiger partial charge in [0.25, 0.3) is 0 Å². The summed E-state index contributed by atoms with van der Waals surface area (Å²) in [6.07, 6.45) is 0. The number of carbonyl (C=O) groups is 2. The largest absolute Gasteiger partial charge is 0.478 e. The molecule has 0 saturated carbocycles. The van der Waals surface area contributed by atoms with E-state index < -0.39 is 24.3 Å². The minimum atomic E-state index is -1.31. The fraction of sp³-hybridized carbons (Fsp3) is 0.125. The van der Waals surface area contributed by atoms with Crippen LogP contribution >= 0.6 is 23.2 Å². The molecule has 22 heavy (non-hydrogen) atoms. The fourth-order valence-electron chi connectivity index (χ4n) is 2.19. The van der Waals surface area contributed by atoms with E-state index in [4.69, 9.17) is 23.2 Å². The number of Topliss-reactive ketones (excluding diaryl/α,β-unsaturated/α-hetero) is 1. The fourth-order valence-corrected chi connectivity index (χ4v) is 2.78. The van der Waals surface area contributed by atoms with Crippen LogP contribution in [-0.4, -0.2) is 28.6 Å². The van der Waals surface area contributed by atoms with Gasteiger partial charge in [0.2, 0.25) is 0 Å². The number of rotatable bonds is 5. The molecule has 0 aromatic heterocycles. The number of halogens is 2. The maximum Gasteiger partial charge on any atom is 0.336 e. The summed E-state index contributed by atoms with van der Waals surface area (Å²) in [6.45, 7) is -0.457. The lowest BCUT2D eigenvalue weighted by Gasteiger charge is -2.16. The van der Waals surface area contributed by atoms with Gasteiger partial charge in [-0.15, -0.1) is 0 Å². The lowest BCUT2D eigenvalue weighted by atomic mass is 9.89. The molecule has 0 bridgehead atoms. The van der Waals surface area contributed by atoms with Gasteiger partial charge in [0.1, 0.15) is 0 Å². The molecule has 2 aromatic carbocycles. The molecule has 0 spiro atoms. The van der Waals surface area contributed by atoms with Crippen molar-refractivity contribution in [3.63, 3.8) is 0 Å². The van der Waals surface area contributed by atoms with Crippen LogP contribution in [0.15, 0.2) is 42.5 Å². The molecule has 2 aromatic rings. The molecule has 2 rings (SSSR count). The smallest absolute Gasteiger partial charge is 0.336 e. The van der Waals surface area contributed by atoms with Crippen LogP contribution in [0.3, 0.4) is 0 Å². The highest BCUT2D eigenvalue weighted by atomic mass is 35.5. The van der Waals surface area contributed by atoms with Crippen molar-refractivity contribution >= 4 is 35.0 Å². The minimum absolute atomic E-state index is 0.0516. The van der Waals surface area contributed by atoms with Gasteiger partial charge in [0, 0.05) is 5.02 Å². The molecule has 0 radical (unpaired) electrons. The summed E-state index contributed by atoms with van der Waals surface area (Å²) < 4.78 is 0. The Morgan fingerprint density at radius 3 is 2.27 bits per heavy atom. The van der Waals surface area contributed by atoms with Crippen molar-refractivity contribution in [1.29, 1.82) is 0 Å². The van der Waals surface area contributed by atoms with Gasteiger partial charge >= 0.3 is 5.97 Å². The summed E-state index contributed by atoms with van der Waals surface area (Å²) in [7, 11) is 0. The molecule has 1 atom stereocenters. The summed E-state index contributed by atoms with van der Waals surface area (Å²) in [6, 6.07) is 11.1. The van der Waals surface area contributed by atoms with Gasteiger partial charge in [0.05, 0.1) is 28.7 Å². The first kappa shape index (κ1) is 16.5. The van der Waals surface area contributed by atoms with Crippen LogP contribution in [0.4, 0.5) is 0 Å². The Labute approximate surface area is 136 Å². The predicted molar refractivity (Wildman–Crippen MR) is 84.0 cm³/mol. The Hall–Kier alpha value is -1.88. The number of benzene rings is 2. The number of ketones is 1. The van der Waals surface area contributed by atoms with Crippen molar-refractivity contribution in [2.75, 3.05) is 6.61 Å². The lowest BCUT2D eigenvalue weighted by Crippen LogP contribution is -2.20. The van der Waals surface area contributed by atoms with Crippen LogP contribution in [-0.2, 0) is 0 Å². The molecule has 0 amide bonds. The summed E-state index contributed by atoms with van der Waals surface area (Å²) in [5.41, 5.74) is 0.149. The van der Waals surface area contributed by atoms with Crippen LogP contribution in [0.2, 0.25) is 10.0 Å². The number of hydrogen-bond donors (Lipinski definition) is 2. The number of carboxylic acid groups (broad SMARTS) is 1. The third-order valence-corrected chi connectivity index (χ3v) is 3.75. The molecule has 0 aliphatic rings. The molecular weight excluding hydrogens is 327 g/mol.